The number of nitrogens with one attached hydrogen (secondary N) is 1. The number of likely N-dealkylation sites (tertiary alicyclic amines) is 1. The van der Waals surface area contributed by atoms with Gasteiger partial charge in [0, 0.05) is 31.4 Å². The van der Waals surface area contributed by atoms with Gasteiger partial charge >= 0.3 is 0 Å². The van der Waals surface area contributed by atoms with Crippen LogP contribution in [0.25, 0.3) is 0 Å². The van der Waals surface area contributed by atoms with Crippen LogP contribution in [0.15, 0.2) is 42.6 Å². The topological polar surface area (TPSA) is 50.3 Å². The number of benzene rings is 1. The van der Waals surface area contributed by atoms with Crippen LogP contribution in [-0.4, -0.2) is 41.1 Å². The lowest BCUT2D eigenvalue weighted by atomic mass is 10.0. The molecule has 1 atom stereocenters. The molecule has 0 unspecified atom stereocenters. The summed E-state index contributed by atoms with van der Waals surface area (Å²) in [6, 6.07) is 13.0. The first-order chi connectivity index (χ1) is 11.3. The fourth-order valence-corrected chi connectivity index (χ4v) is 3.07. The average molecular weight is 312 g/mol. The molecule has 0 aliphatic carbocycles. The van der Waals surface area contributed by atoms with E-state index in [0.717, 1.165) is 19.6 Å². The third-order valence-electron chi connectivity index (χ3n) is 4.31. The van der Waals surface area contributed by atoms with Crippen molar-refractivity contribution in [3.05, 3.63) is 48.2 Å². The summed E-state index contributed by atoms with van der Waals surface area (Å²) in [7, 11) is 1.62. The van der Waals surface area contributed by atoms with Crippen molar-refractivity contribution in [2.75, 3.05) is 25.5 Å². The first-order valence-corrected chi connectivity index (χ1v) is 8.24. The first kappa shape index (κ1) is 15.7. The summed E-state index contributed by atoms with van der Waals surface area (Å²) >= 11 is 0. The van der Waals surface area contributed by atoms with E-state index in [9.17, 15) is 0 Å². The SMILES string of the molecule is COc1ccnc(NC[C@H]2CCCCN2Cc2ccccc2)n1. The van der Waals surface area contributed by atoms with Crippen molar-refractivity contribution in [2.24, 2.45) is 0 Å². The zero-order valence-corrected chi connectivity index (χ0v) is 13.6. The van der Waals surface area contributed by atoms with E-state index in [4.69, 9.17) is 4.74 Å². The second kappa shape index (κ2) is 7.92. The van der Waals surface area contributed by atoms with Crippen LogP contribution < -0.4 is 10.1 Å². The Kier molecular flexibility index (Phi) is 5.42. The van der Waals surface area contributed by atoms with Crippen molar-refractivity contribution < 1.29 is 4.74 Å². The molecule has 1 aromatic heterocycles. The van der Waals surface area contributed by atoms with E-state index in [0.29, 0.717) is 17.9 Å². The minimum Gasteiger partial charge on any atom is -0.481 e. The van der Waals surface area contributed by atoms with Crippen molar-refractivity contribution in [3.8, 4) is 5.88 Å². The molecule has 0 saturated carbocycles. The Morgan fingerprint density at radius 2 is 2.09 bits per heavy atom. The maximum atomic E-state index is 5.15. The van der Waals surface area contributed by atoms with Gasteiger partial charge in [0.2, 0.25) is 11.8 Å². The van der Waals surface area contributed by atoms with E-state index in [2.05, 4.69) is 50.5 Å². The van der Waals surface area contributed by atoms with Crippen LogP contribution in [0.1, 0.15) is 24.8 Å². The van der Waals surface area contributed by atoms with Crippen molar-refractivity contribution in [1.29, 1.82) is 0 Å². The molecule has 1 fully saturated rings. The van der Waals surface area contributed by atoms with E-state index >= 15 is 0 Å². The smallest absolute Gasteiger partial charge is 0.225 e. The van der Waals surface area contributed by atoms with Gasteiger partial charge in [-0.1, -0.05) is 36.8 Å². The van der Waals surface area contributed by atoms with Gasteiger partial charge in [0.25, 0.3) is 0 Å². The molecule has 3 rings (SSSR count). The van der Waals surface area contributed by atoms with Crippen LogP contribution in [0.3, 0.4) is 0 Å². The van der Waals surface area contributed by atoms with Crippen LogP contribution in [0.2, 0.25) is 0 Å². The molecule has 23 heavy (non-hydrogen) atoms. The lowest BCUT2D eigenvalue weighted by Crippen LogP contribution is -2.43. The van der Waals surface area contributed by atoms with Gasteiger partial charge in [-0.15, -0.1) is 0 Å². The minimum absolute atomic E-state index is 0.513. The zero-order valence-electron chi connectivity index (χ0n) is 13.6. The van der Waals surface area contributed by atoms with Crippen LogP contribution in [-0.2, 0) is 6.54 Å². The van der Waals surface area contributed by atoms with Gasteiger partial charge in [-0.05, 0) is 24.9 Å². The molecule has 0 spiro atoms. The fraction of sp³-hybridized carbons (Fsp3) is 0.444. The number of nitrogens with zero attached hydrogens (tertiary/aromatic N) is 3. The molecule has 1 aliphatic heterocycles. The molecule has 2 heterocycles. The number of hydrogen-bond acceptors (Lipinski definition) is 5. The Hall–Kier alpha value is -2.14. The highest BCUT2D eigenvalue weighted by atomic mass is 16.5. The van der Waals surface area contributed by atoms with E-state index in [-0.39, 0.29) is 0 Å². The summed E-state index contributed by atoms with van der Waals surface area (Å²) in [6.45, 7) is 3.02. The lowest BCUT2D eigenvalue weighted by molar-refractivity contribution is 0.148. The molecule has 1 aliphatic rings. The van der Waals surface area contributed by atoms with Gasteiger partial charge in [-0.3, -0.25) is 4.90 Å². The molecule has 1 N–H and O–H groups in total. The summed E-state index contributed by atoms with van der Waals surface area (Å²) < 4.78 is 5.15. The summed E-state index contributed by atoms with van der Waals surface area (Å²) in [5.74, 6) is 1.22. The first-order valence-electron chi connectivity index (χ1n) is 8.24. The number of rotatable bonds is 6. The fourth-order valence-electron chi connectivity index (χ4n) is 3.07. The van der Waals surface area contributed by atoms with E-state index in [1.54, 1.807) is 19.4 Å². The summed E-state index contributed by atoms with van der Waals surface area (Å²) in [5, 5.41) is 3.36. The molecule has 0 amide bonds. The van der Waals surface area contributed by atoms with Crippen LogP contribution in [0, 0.1) is 0 Å². The van der Waals surface area contributed by atoms with Crippen molar-refractivity contribution in [2.45, 2.75) is 31.8 Å². The average Bonchev–Trinajstić information content (AvgIpc) is 2.62. The number of methoxy groups -OCH3 is 1. The third kappa shape index (κ3) is 4.42. The van der Waals surface area contributed by atoms with Gasteiger partial charge in [0.1, 0.15) is 0 Å². The minimum atomic E-state index is 0.513. The van der Waals surface area contributed by atoms with Crippen LogP contribution >= 0.6 is 0 Å². The van der Waals surface area contributed by atoms with Gasteiger partial charge in [-0.2, -0.15) is 4.98 Å². The highest BCUT2D eigenvalue weighted by molar-refractivity contribution is 5.27. The maximum Gasteiger partial charge on any atom is 0.225 e. The van der Waals surface area contributed by atoms with Gasteiger partial charge in [-0.25, -0.2) is 4.98 Å². The summed E-state index contributed by atoms with van der Waals surface area (Å²) in [5.41, 5.74) is 1.37. The Morgan fingerprint density at radius 3 is 2.91 bits per heavy atom. The van der Waals surface area contributed by atoms with Gasteiger partial charge in [0.15, 0.2) is 0 Å². The van der Waals surface area contributed by atoms with Crippen LogP contribution in [0.5, 0.6) is 5.88 Å². The van der Waals surface area contributed by atoms with E-state index < -0.39 is 0 Å². The third-order valence-corrected chi connectivity index (χ3v) is 4.31. The van der Waals surface area contributed by atoms with E-state index in [1.165, 1.54) is 24.8 Å². The molecule has 0 radical (unpaired) electrons. The monoisotopic (exact) mass is 312 g/mol. The predicted octanol–water partition coefficient (Wildman–Crippen LogP) is 2.95. The van der Waals surface area contributed by atoms with Crippen LogP contribution in [0.4, 0.5) is 5.95 Å². The number of piperidine rings is 1. The number of hydrogen-bond donors (Lipinski definition) is 1. The normalized spacial score (nSPS) is 18.6. The summed E-state index contributed by atoms with van der Waals surface area (Å²) in [6.07, 6.45) is 5.50. The Balaban J connectivity index is 1.60. The molecular weight excluding hydrogens is 288 g/mol. The molecular formula is C18H24N4O. The van der Waals surface area contributed by atoms with E-state index in [1.807, 2.05) is 0 Å². The second-order valence-electron chi connectivity index (χ2n) is 5.91. The maximum absolute atomic E-state index is 5.15. The lowest BCUT2D eigenvalue weighted by Gasteiger charge is -2.35. The zero-order chi connectivity index (χ0) is 15.9. The number of aromatic nitrogens is 2. The quantitative estimate of drug-likeness (QED) is 0.889. The molecule has 122 valence electrons. The Bertz CT molecular complexity index is 605. The Labute approximate surface area is 137 Å². The largest absolute Gasteiger partial charge is 0.481 e. The standard InChI is InChI=1S/C18H24N4O/c1-23-17-10-11-19-18(21-17)20-13-16-9-5-6-12-22(16)14-15-7-3-2-4-8-15/h2-4,7-8,10-11,16H,5-6,9,12-14H2,1H3,(H,19,20,21)/t16-/m1/s1. The number of ether oxygens (including phenoxy) is 1. The molecule has 2 aromatic rings. The second-order valence-corrected chi connectivity index (χ2v) is 5.91. The highest BCUT2D eigenvalue weighted by Gasteiger charge is 2.22. The molecule has 0 bridgehead atoms. The van der Waals surface area contributed by atoms with Crippen molar-refractivity contribution in [1.82, 2.24) is 14.9 Å². The molecule has 5 heteroatoms. The Morgan fingerprint density at radius 1 is 1.22 bits per heavy atom. The highest BCUT2D eigenvalue weighted by Crippen LogP contribution is 2.20. The molecule has 1 saturated heterocycles. The molecule has 5 nitrogen and oxygen atoms in total. The van der Waals surface area contributed by atoms with Gasteiger partial charge in [0.05, 0.1) is 7.11 Å². The predicted molar refractivity (Wildman–Crippen MR) is 91.6 cm³/mol. The van der Waals surface area contributed by atoms with Gasteiger partial charge < -0.3 is 10.1 Å². The molecule has 1 aromatic carbocycles. The van der Waals surface area contributed by atoms with Crippen molar-refractivity contribution in [3.63, 3.8) is 0 Å². The summed E-state index contributed by atoms with van der Waals surface area (Å²) in [4.78, 5) is 11.1. The number of anilines is 1. The van der Waals surface area contributed by atoms with Crippen molar-refractivity contribution >= 4 is 5.95 Å².